The zero-order valence-corrected chi connectivity index (χ0v) is 10.2. The molecule has 0 amide bonds. The Kier molecular flexibility index (Phi) is 3.26. The Hall–Kier alpha value is -1.62. The Morgan fingerprint density at radius 3 is 2.50 bits per heavy atom. The van der Waals surface area contributed by atoms with Gasteiger partial charge in [-0.15, -0.1) is 11.3 Å². The van der Waals surface area contributed by atoms with Gasteiger partial charge in [0.15, 0.2) is 5.78 Å². The van der Waals surface area contributed by atoms with Crippen molar-refractivity contribution in [2.75, 3.05) is 0 Å². The number of aryl methyl sites for hydroxylation is 1. The smallest absolute Gasteiger partial charge is 0.289 e. The van der Waals surface area contributed by atoms with E-state index >= 15 is 0 Å². The molecule has 0 fully saturated rings. The lowest BCUT2D eigenvalue weighted by molar-refractivity contribution is -0.137. The molecule has 0 atom stereocenters. The van der Waals surface area contributed by atoms with Crippen LogP contribution in [0.5, 0.6) is 0 Å². The van der Waals surface area contributed by atoms with Crippen LogP contribution in [0.1, 0.15) is 26.4 Å². The molecule has 0 spiro atoms. The molecule has 1 aromatic heterocycles. The lowest BCUT2D eigenvalue weighted by atomic mass is 10.0. The third-order valence-corrected chi connectivity index (χ3v) is 3.40. The average Bonchev–Trinajstić information content (AvgIpc) is 2.73. The first-order valence-corrected chi connectivity index (χ1v) is 6.03. The first-order valence-electron chi connectivity index (χ1n) is 5.15. The van der Waals surface area contributed by atoms with E-state index in [9.17, 15) is 18.0 Å². The summed E-state index contributed by atoms with van der Waals surface area (Å²) in [5.74, 6) is -0.375. The Morgan fingerprint density at radius 2 is 1.94 bits per heavy atom. The van der Waals surface area contributed by atoms with E-state index in [4.69, 9.17) is 0 Å². The van der Waals surface area contributed by atoms with Crippen molar-refractivity contribution in [3.63, 3.8) is 0 Å². The monoisotopic (exact) mass is 270 g/mol. The average molecular weight is 270 g/mol. The minimum absolute atomic E-state index is 0.0614. The maximum atomic E-state index is 12.5. The fraction of sp³-hybridized carbons (Fsp3) is 0.154. The predicted molar refractivity (Wildman–Crippen MR) is 63.9 cm³/mol. The van der Waals surface area contributed by atoms with E-state index in [1.807, 2.05) is 0 Å². The summed E-state index contributed by atoms with van der Waals surface area (Å²) in [6.07, 6.45) is -4.43. The number of alkyl halides is 3. The lowest BCUT2D eigenvalue weighted by Gasteiger charge is -2.08. The van der Waals surface area contributed by atoms with Crippen molar-refractivity contribution >= 4 is 17.1 Å². The minimum atomic E-state index is -4.43. The topological polar surface area (TPSA) is 17.1 Å². The van der Waals surface area contributed by atoms with Crippen LogP contribution in [0.25, 0.3) is 0 Å². The molecule has 0 bridgehead atoms. The van der Waals surface area contributed by atoms with Crippen molar-refractivity contribution in [3.05, 3.63) is 57.3 Å². The van der Waals surface area contributed by atoms with Gasteiger partial charge >= 0.3 is 6.18 Å². The van der Waals surface area contributed by atoms with Gasteiger partial charge in [-0.3, -0.25) is 4.79 Å². The number of rotatable bonds is 2. The molecule has 0 unspecified atom stereocenters. The second-order valence-electron chi connectivity index (χ2n) is 3.80. The van der Waals surface area contributed by atoms with Crippen LogP contribution in [0.2, 0.25) is 0 Å². The number of hydrogen-bond acceptors (Lipinski definition) is 2. The highest BCUT2D eigenvalue weighted by molar-refractivity contribution is 7.10. The second-order valence-corrected chi connectivity index (χ2v) is 4.92. The van der Waals surface area contributed by atoms with Gasteiger partial charge in [-0.1, -0.05) is 12.1 Å². The summed E-state index contributed by atoms with van der Waals surface area (Å²) in [7, 11) is 0. The van der Waals surface area contributed by atoms with Crippen molar-refractivity contribution < 1.29 is 18.0 Å². The van der Waals surface area contributed by atoms with Crippen molar-refractivity contribution in [3.8, 4) is 0 Å². The van der Waals surface area contributed by atoms with Gasteiger partial charge in [-0.25, -0.2) is 0 Å². The molecule has 5 heteroatoms. The number of thiophene rings is 1. The number of hydrogen-bond donors (Lipinski definition) is 0. The van der Waals surface area contributed by atoms with E-state index in [2.05, 4.69) is 0 Å². The van der Waals surface area contributed by atoms with E-state index in [0.29, 0.717) is 5.56 Å². The van der Waals surface area contributed by atoms with Crippen LogP contribution >= 0.6 is 11.3 Å². The molecule has 0 saturated carbocycles. The Morgan fingerprint density at radius 1 is 1.22 bits per heavy atom. The molecule has 1 nitrogen and oxygen atoms in total. The van der Waals surface area contributed by atoms with Crippen LogP contribution < -0.4 is 0 Å². The summed E-state index contributed by atoms with van der Waals surface area (Å²) in [5, 5.41) is 1.75. The van der Waals surface area contributed by atoms with Crippen molar-refractivity contribution in [1.29, 1.82) is 0 Å². The zero-order chi connectivity index (χ0) is 13.3. The SMILES string of the molecule is Cc1sccc1C(=O)c1cccc(C(F)(F)F)c1. The van der Waals surface area contributed by atoms with E-state index in [1.165, 1.54) is 23.5 Å². The summed E-state index contributed by atoms with van der Waals surface area (Å²) in [6, 6.07) is 6.12. The first kappa shape index (κ1) is 12.8. The van der Waals surface area contributed by atoms with Crippen molar-refractivity contribution in [2.45, 2.75) is 13.1 Å². The van der Waals surface area contributed by atoms with E-state index in [1.54, 1.807) is 18.4 Å². The molecule has 0 aliphatic heterocycles. The molecule has 0 radical (unpaired) electrons. The van der Waals surface area contributed by atoms with Crippen LogP contribution in [0.15, 0.2) is 35.7 Å². The molecular weight excluding hydrogens is 261 g/mol. The van der Waals surface area contributed by atoms with Crippen molar-refractivity contribution in [2.24, 2.45) is 0 Å². The maximum absolute atomic E-state index is 12.5. The first-order chi connectivity index (χ1) is 8.39. The number of benzene rings is 1. The Labute approximate surface area is 106 Å². The van der Waals surface area contributed by atoms with Gasteiger partial charge < -0.3 is 0 Å². The summed E-state index contributed by atoms with van der Waals surface area (Å²) in [5.41, 5.74) is -0.285. The number of halogens is 3. The van der Waals surface area contributed by atoms with Gasteiger partial charge in [-0.2, -0.15) is 13.2 Å². The standard InChI is InChI=1S/C13H9F3OS/c1-8-11(5-6-18-8)12(17)9-3-2-4-10(7-9)13(14,15)16/h2-7H,1H3. The summed E-state index contributed by atoms with van der Waals surface area (Å²) >= 11 is 1.39. The predicted octanol–water partition coefficient (Wildman–Crippen LogP) is 4.31. The van der Waals surface area contributed by atoms with Crippen LogP contribution in [-0.4, -0.2) is 5.78 Å². The van der Waals surface area contributed by atoms with E-state index in [-0.39, 0.29) is 11.3 Å². The molecule has 0 saturated heterocycles. The van der Waals surface area contributed by atoms with Gasteiger partial charge in [-0.05, 0) is 30.5 Å². The third-order valence-electron chi connectivity index (χ3n) is 2.56. The summed E-state index contributed by atoms with van der Waals surface area (Å²) < 4.78 is 37.6. The molecule has 2 aromatic rings. The lowest BCUT2D eigenvalue weighted by Crippen LogP contribution is -2.08. The van der Waals surface area contributed by atoms with E-state index in [0.717, 1.165) is 17.0 Å². The molecule has 18 heavy (non-hydrogen) atoms. The van der Waals surface area contributed by atoms with Crippen LogP contribution in [0.4, 0.5) is 13.2 Å². The molecule has 94 valence electrons. The van der Waals surface area contributed by atoms with Gasteiger partial charge in [0.1, 0.15) is 0 Å². The quantitative estimate of drug-likeness (QED) is 0.743. The largest absolute Gasteiger partial charge is 0.416 e. The maximum Gasteiger partial charge on any atom is 0.416 e. The van der Waals surface area contributed by atoms with Crippen LogP contribution in [0.3, 0.4) is 0 Å². The third kappa shape index (κ3) is 2.46. The molecular formula is C13H9F3OS. The molecule has 0 aliphatic rings. The summed E-state index contributed by atoms with van der Waals surface area (Å²) in [6.45, 7) is 1.77. The van der Waals surface area contributed by atoms with Crippen LogP contribution in [0, 0.1) is 6.92 Å². The number of ketones is 1. The molecule has 0 aliphatic carbocycles. The highest BCUT2D eigenvalue weighted by Crippen LogP contribution is 2.30. The van der Waals surface area contributed by atoms with E-state index < -0.39 is 11.7 Å². The Balaban J connectivity index is 2.41. The van der Waals surface area contributed by atoms with Crippen molar-refractivity contribution in [1.82, 2.24) is 0 Å². The van der Waals surface area contributed by atoms with Crippen LogP contribution in [-0.2, 0) is 6.18 Å². The molecule has 0 N–H and O–H groups in total. The van der Waals surface area contributed by atoms with Gasteiger partial charge in [0.2, 0.25) is 0 Å². The van der Waals surface area contributed by atoms with Gasteiger partial charge in [0.05, 0.1) is 5.56 Å². The normalized spacial score (nSPS) is 11.6. The minimum Gasteiger partial charge on any atom is -0.289 e. The molecule has 1 aromatic carbocycles. The fourth-order valence-electron chi connectivity index (χ4n) is 1.61. The number of carbonyl (C=O) groups excluding carboxylic acids is 1. The van der Waals surface area contributed by atoms with Gasteiger partial charge in [0, 0.05) is 16.0 Å². The summed E-state index contributed by atoms with van der Waals surface area (Å²) in [4.78, 5) is 12.8. The van der Waals surface area contributed by atoms with Gasteiger partial charge in [0.25, 0.3) is 0 Å². The highest BCUT2D eigenvalue weighted by Gasteiger charge is 2.31. The fourth-order valence-corrected chi connectivity index (χ4v) is 2.31. The molecule has 2 rings (SSSR count). The highest BCUT2D eigenvalue weighted by atomic mass is 32.1. The Bertz CT molecular complexity index is 584. The molecule has 1 heterocycles. The zero-order valence-electron chi connectivity index (χ0n) is 9.41. The number of carbonyl (C=O) groups is 1. The second kappa shape index (κ2) is 4.57.